The number of aliphatic hydroxyl groups is 1. The van der Waals surface area contributed by atoms with Crippen LogP contribution >= 0.6 is 11.6 Å². The van der Waals surface area contributed by atoms with E-state index in [0.29, 0.717) is 101 Å². The maximum Gasteiger partial charge on any atom is 1.00 e. The van der Waals surface area contributed by atoms with Gasteiger partial charge in [-0.15, -0.1) is 0 Å². The number of aliphatic carboxylic acids is 1. The number of carbonyl (C=O) groups is 10. The number of rotatable bonds is 20. The average molecular weight is 1660 g/mol. The summed E-state index contributed by atoms with van der Waals surface area (Å²) in [6, 6.07) is 3.53. The predicted molar refractivity (Wildman–Crippen MR) is 394 cm³/mol. The SMILES string of the molecule is CC(=O)OCC(=O)Cl.CCC(=O)N1CCN(c2c(F)cc3c(=O)c(C(=O)OC)cn(C4CC4)c3c2OC)CCN1.COC(=O)c1cn(C2CC2)c2c(OC)c(N3CCN([B]C=O)N([B]C=O)CC3)c(F)cc2c1=O.COc1c(N2CCNN(C(=O)CO)CC2)c(F)cc2c(=O)c(C(=O)O)cn(C3CC3)c12.O=C(O)C(F)(F)F.[K+].[OH-]. The molecule has 2 amide bonds. The van der Waals surface area contributed by atoms with E-state index >= 15 is 13.2 Å². The van der Waals surface area contributed by atoms with Crippen LogP contribution in [0.1, 0.15) is 108 Å². The summed E-state index contributed by atoms with van der Waals surface area (Å²) in [5.74, 6) is -8.10. The molecule has 3 aliphatic heterocycles. The van der Waals surface area contributed by atoms with Crippen LogP contribution in [0.2, 0.25) is 0 Å². The molecule has 610 valence electrons. The molecular formula is C69H80B2ClF6KN12O23. The molecule has 2 radical (unpaired) electrons. The van der Waals surface area contributed by atoms with Crippen LogP contribution in [0, 0.1) is 17.5 Å². The van der Waals surface area contributed by atoms with E-state index in [1.807, 2.05) is 9.47 Å². The van der Waals surface area contributed by atoms with Gasteiger partial charge in [-0.05, 0) is 68.3 Å². The van der Waals surface area contributed by atoms with Gasteiger partial charge < -0.3 is 87.2 Å². The molecule has 6 fully saturated rings. The summed E-state index contributed by atoms with van der Waals surface area (Å²) in [5.41, 5.74) is 5.07. The quantitative estimate of drug-likeness (QED) is 0.0170. The van der Waals surface area contributed by atoms with Gasteiger partial charge in [0.05, 0.1) is 93.7 Å². The molecule has 0 atom stereocenters. The van der Waals surface area contributed by atoms with Crippen molar-refractivity contribution < 1.29 is 175 Å². The molecule has 6 N–H and O–H groups in total. The Morgan fingerprint density at radius 3 is 1.15 bits per heavy atom. The molecule has 3 aliphatic carbocycles. The van der Waals surface area contributed by atoms with Gasteiger partial charge in [0.1, 0.15) is 40.4 Å². The number of nitrogens with one attached hydrogen (secondary N) is 2. The summed E-state index contributed by atoms with van der Waals surface area (Å²) in [4.78, 5) is 158. The van der Waals surface area contributed by atoms with Gasteiger partial charge in [0.15, 0.2) is 41.3 Å². The number of anilines is 3. The number of aliphatic hydroxyl groups excluding tert-OH is 1. The van der Waals surface area contributed by atoms with Crippen LogP contribution in [-0.4, -0.2) is 262 Å². The Labute approximate surface area is 693 Å². The molecule has 0 unspecified atom stereocenters. The molecule has 0 bridgehead atoms. The van der Waals surface area contributed by atoms with Gasteiger partial charge in [0.2, 0.25) is 22.2 Å². The normalized spacial score (nSPS) is 15.7. The first-order valence-corrected chi connectivity index (χ1v) is 35.1. The largest absolute Gasteiger partial charge is 1.00 e. The number of alkyl halides is 3. The van der Waals surface area contributed by atoms with Crippen molar-refractivity contribution in [2.24, 2.45) is 0 Å². The number of hydrogen-bond donors (Lipinski definition) is 5. The maximum atomic E-state index is 15.6. The number of halogens is 7. The number of aromatic carboxylic acids is 1. The Morgan fingerprint density at radius 1 is 0.553 bits per heavy atom. The minimum atomic E-state index is -5.08. The predicted octanol–water partition coefficient (Wildman–Crippen LogP) is 0.166. The number of ether oxygens (including phenoxy) is 6. The number of carboxylic acid groups (broad SMARTS) is 2. The number of hydrazine groups is 3. The Kier molecular flexibility index (Phi) is 34.4. The second-order valence-corrected chi connectivity index (χ2v) is 25.9. The van der Waals surface area contributed by atoms with Gasteiger partial charge in [0, 0.05) is 116 Å². The minimum absolute atomic E-state index is 0. The number of esters is 3. The average Bonchev–Trinajstić information content (AvgIpc) is 1.69. The van der Waals surface area contributed by atoms with Crippen molar-refractivity contribution >= 4 is 135 Å². The number of carbonyl (C=O) groups excluding carboxylic acids is 8. The van der Waals surface area contributed by atoms with Crippen molar-refractivity contribution in [3.05, 3.63) is 102 Å². The molecule has 6 heterocycles. The molecule has 114 heavy (non-hydrogen) atoms. The molecule has 35 nitrogen and oxygen atoms in total. The summed E-state index contributed by atoms with van der Waals surface area (Å²) in [7, 11) is 9.22. The second kappa shape index (κ2) is 41.9. The molecule has 6 aromatic rings. The summed E-state index contributed by atoms with van der Waals surface area (Å²) in [6.07, 6.45) is 5.89. The monoisotopic (exact) mass is 1650 g/mol. The van der Waals surface area contributed by atoms with E-state index in [1.165, 1.54) is 87.0 Å². The second-order valence-electron chi connectivity index (χ2n) is 25.4. The van der Waals surface area contributed by atoms with Crippen molar-refractivity contribution in [3.63, 3.8) is 0 Å². The van der Waals surface area contributed by atoms with E-state index in [-0.39, 0.29) is 162 Å². The number of amides is 2. The van der Waals surface area contributed by atoms with Gasteiger partial charge in [-0.1, -0.05) is 6.92 Å². The standard InChI is InChI=1S/C22H27FN4O5.C21H23B2FN4O6.C20H23FN4O6.C4H5ClO3.C2HF3O2.K.H2O/c1-4-17(28)27-10-9-25(8-7-24-27)19-16(23)11-14-18(21(19)31-2)26(13-5-6-13)12-15(20(14)29)22(30)32-3;1-33-20-17-14(19(31)15(21(32)34-2)10-26(17)13-3-4-13)9-16(24)18(20)25-5-7-27(22-11-29)28(8-6-25)23-12-30;1-31-19-16-12(18(28)13(20(29)30)9-24(16)11-2-3-11)8-14(21)17(19)23-5-4-22-25(7-6-23)15(27)10-26;1-3(6)8-2-4(5)7;3-2(4,5)1(6)7;;/h11-13,24H,4-10H2,1-3H3;9-13H,3-8H2,1-2H3;8-9,11,22,26H,2-7,10H2,1H3,(H,29,30);2H2,1H3;(H,6,7);;1H2/q;;;;;+1;/p-1. The fourth-order valence-electron chi connectivity index (χ4n) is 12.6. The van der Waals surface area contributed by atoms with Gasteiger partial charge in [-0.3, -0.25) is 53.4 Å². The van der Waals surface area contributed by atoms with Gasteiger partial charge >= 0.3 is 102 Å². The van der Waals surface area contributed by atoms with Gasteiger partial charge in [-0.2, -0.15) is 13.2 Å². The number of fused-ring (bicyclic) bond motifs is 3. The summed E-state index contributed by atoms with van der Waals surface area (Å²) >= 11 is 4.81. The van der Waals surface area contributed by atoms with Crippen LogP contribution < -0.4 is 107 Å². The molecule has 0 spiro atoms. The molecule has 45 heteroatoms. The van der Waals surface area contributed by atoms with Crippen molar-refractivity contribution in [2.45, 2.75) is 83.1 Å². The van der Waals surface area contributed by atoms with E-state index in [0.717, 1.165) is 50.7 Å². The fraction of sp³-hybridized carbons (Fsp3) is 0.464. The smallest absolute Gasteiger partial charge is 0.870 e. The molecule has 3 aromatic heterocycles. The number of hydrogen-bond acceptors (Lipinski definition) is 28. The van der Waals surface area contributed by atoms with Crippen molar-refractivity contribution in [2.75, 3.05) is 142 Å². The zero-order chi connectivity index (χ0) is 82.3. The fourth-order valence-corrected chi connectivity index (χ4v) is 12.7. The topological polar surface area (TPSA) is 430 Å². The van der Waals surface area contributed by atoms with E-state index in [1.54, 1.807) is 40.7 Å². The van der Waals surface area contributed by atoms with Crippen molar-refractivity contribution in [1.82, 2.24) is 44.4 Å². The third-order valence-electron chi connectivity index (χ3n) is 18.2. The van der Waals surface area contributed by atoms with Crippen LogP contribution in [0.4, 0.5) is 43.4 Å². The number of benzene rings is 3. The first kappa shape index (κ1) is 93.6. The molecule has 12 rings (SSSR count). The van der Waals surface area contributed by atoms with Gasteiger partial charge in [0.25, 0.3) is 11.1 Å². The number of methoxy groups -OCH3 is 5. The Bertz CT molecular complexity index is 4770. The van der Waals surface area contributed by atoms with E-state index in [2.05, 4.69) is 15.6 Å². The molecule has 3 saturated heterocycles. The van der Waals surface area contributed by atoms with E-state index in [9.17, 15) is 75.8 Å². The Hall–Kier alpha value is -9.21. The minimum Gasteiger partial charge on any atom is -0.870 e. The van der Waals surface area contributed by atoms with Crippen LogP contribution in [-0.2, 0) is 47.8 Å². The van der Waals surface area contributed by atoms with Gasteiger partial charge in [-0.25, -0.2) is 43.2 Å². The molecule has 3 aromatic carbocycles. The molecule has 3 saturated carbocycles. The summed E-state index contributed by atoms with van der Waals surface area (Å²) in [5, 5.41) is 27.9. The summed E-state index contributed by atoms with van der Waals surface area (Å²) in [6.45, 7) is 6.07. The Morgan fingerprint density at radius 2 is 0.877 bits per heavy atom. The Balaban J connectivity index is 0.000000242. The van der Waals surface area contributed by atoms with Crippen LogP contribution in [0.15, 0.2) is 51.2 Å². The number of pyridine rings is 3. The summed E-state index contributed by atoms with van der Waals surface area (Å²) < 4.78 is 114. The molecular weight excluding hydrogens is 1570 g/mol. The van der Waals surface area contributed by atoms with E-state index < -0.39 is 93.1 Å². The number of carboxylic acids is 2. The third-order valence-corrected chi connectivity index (χ3v) is 18.3. The first-order valence-electron chi connectivity index (χ1n) is 34.7. The van der Waals surface area contributed by atoms with E-state index in [4.69, 9.17) is 50.3 Å². The zero-order valence-electron chi connectivity index (χ0n) is 63.0. The van der Waals surface area contributed by atoms with Crippen LogP contribution in [0.3, 0.4) is 0 Å². The van der Waals surface area contributed by atoms with Crippen molar-refractivity contribution in [3.8, 4) is 17.2 Å². The van der Waals surface area contributed by atoms with Crippen molar-refractivity contribution in [1.29, 1.82) is 0 Å². The first-order chi connectivity index (χ1) is 53.3. The number of nitrogens with zero attached hydrogens (tertiary/aromatic N) is 10. The molecule has 6 aliphatic rings. The van der Waals surface area contributed by atoms with Crippen LogP contribution in [0.5, 0.6) is 17.2 Å². The van der Waals surface area contributed by atoms with Crippen LogP contribution in [0.25, 0.3) is 32.7 Å². The zero-order valence-corrected chi connectivity index (χ0v) is 66.9. The third kappa shape index (κ3) is 22.2. The maximum absolute atomic E-state index is 15.6. The number of aromatic nitrogens is 3.